The maximum Gasteiger partial charge on any atom is 0.228 e. The van der Waals surface area contributed by atoms with Gasteiger partial charge in [0, 0.05) is 45.5 Å². The summed E-state index contributed by atoms with van der Waals surface area (Å²) in [6.07, 6.45) is 7.49. The number of nitrogens with one attached hydrogen (secondary N) is 1. The lowest BCUT2D eigenvalue weighted by Gasteiger charge is -2.35. The van der Waals surface area contributed by atoms with Crippen molar-refractivity contribution in [3.8, 4) is 22.5 Å². The highest BCUT2D eigenvalue weighted by Gasteiger charge is 2.19. The maximum atomic E-state index is 11.6. The number of carbonyl (C=O) groups is 1. The molecule has 0 spiro atoms. The third kappa shape index (κ3) is 4.38. The quantitative estimate of drug-likeness (QED) is 0.387. The minimum absolute atomic E-state index is 0.126. The molecule has 1 fully saturated rings. The van der Waals surface area contributed by atoms with Crippen molar-refractivity contribution in [3.63, 3.8) is 0 Å². The zero-order valence-electron chi connectivity index (χ0n) is 19.7. The number of pyridine rings is 2. The highest BCUT2D eigenvalue weighted by molar-refractivity contribution is 7.08. The van der Waals surface area contributed by atoms with Crippen LogP contribution in [0.2, 0.25) is 0 Å². The summed E-state index contributed by atoms with van der Waals surface area (Å²) >= 11 is 1.68. The summed E-state index contributed by atoms with van der Waals surface area (Å²) in [6.45, 7) is 4.67. The van der Waals surface area contributed by atoms with Crippen LogP contribution in [0, 0.1) is 0 Å². The number of aromatic nitrogens is 5. The van der Waals surface area contributed by atoms with Crippen LogP contribution in [0.15, 0.2) is 71.9 Å². The lowest BCUT2D eigenvalue weighted by molar-refractivity contribution is -0.129. The fourth-order valence-electron chi connectivity index (χ4n) is 4.37. The van der Waals surface area contributed by atoms with Gasteiger partial charge in [-0.15, -0.1) is 0 Å². The first-order chi connectivity index (χ1) is 17.6. The first-order valence-corrected chi connectivity index (χ1v) is 12.6. The highest BCUT2D eigenvalue weighted by Crippen LogP contribution is 2.26. The summed E-state index contributed by atoms with van der Waals surface area (Å²) in [5.74, 6) is 1.25. The predicted molar refractivity (Wildman–Crippen MR) is 142 cm³/mol. The van der Waals surface area contributed by atoms with E-state index < -0.39 is 0 Å². The Kier molecular flexibility index (Phi) is 5.78. The summed E-state index contributed by atoms with van der Waals surface area (Å²) in [6, 6.07) is 12.0. The van der Waals surface area contributed by atoms with Gasteiger partial charge in [-0.25, -0.2) is 19.9 Å². The topological polar surface area (TPSA) is 91.6 Å². The van der Waals surface area contributed by atoms with E-state index in [0.29, 0.717) is 11.8 Å². The molecule has 9 nitrogen and oxygen atoms in total. The number of hydrogen-bond acceptors (Lipinski definition) is 8. The molecule has 5 aromatic rings. The van der Waals surface area contributed by atoms with Crippen molar-refractivity contribution in [2.24, 2.45) is 0 Å². The van der Waals surface area contributed by atoms with Crippen molar-refractivity contribution in [1.82, 2.24) is 29.2 Å². The first kappa shape index (κ1) is 22.2. The Balaban J connectivity index is 1.20. The SMILES string of the molecule is CC(=O)N1CCN(c2ccc(Nc3nccc(-c4cnc5ccc(-c6ccsc6)cn45)n3)nc2)CC1. The molecule has 0 unspecified atom stereocenters. The zero-order valence-corrected chi connectivity index (χ0v) is 20.5. The number of amides is 1. The molecule has 5 aromatic heterocycles. The summed E-state index contributed by atoms with van der Waals surface area (Å²) < 4.78 is 2.05. The van der Waals surface area contributed by atoms with Crippen LogP contribution in [-0.4, -0.2) is 61.3 Å². The number of fused-ring (bicyclic) bond motifs is 1. The number of hydrogen-bond donors (Lipinski definition) is 1. The third-order valence-corrected chi connectivity index (χ3v) is 7.04. The van der Waals surface area contributed by atoms with Crippen LogP contribution in [0.5, 0.6) is 0 Å². The first-order valence-electron chi connectivity index (χ1n) is 11.7. The van der Waals surface area contributed by atoms with Gasteiger partial charge >= 0.3 is 0 Å². The van der Waals surface area contributed by atoms with E-state index in [1.165, 1.54) is 5.56 Å². The number of imidazole rings is 1. The molecule has 0 radical (unpaired) electrons. The van der Waals surface area contributed by atoms with E-state index in [4.69, 9.17) is 4.98 Å². The minimum atomic E-state index is 0.126. The number of thiophene rings is 1. The lowest BCUT2D eigenvalue weighted by atomic mass is 10.1. The molecule has 180 valence electrons. The van der Waals surface area contributed by atoms with Gasteiger partial charge in [-0.1, -0.05) is 0 Å². The molecule has 0 bridgehead atoms. The molecule has 1 aliphatic rings. The standard InChI is InChI=1S/C26H24N8OS/c1-18(35)32-9-11-33(12-10-32)21-3-4-24(28-14-21)31-26-27-8-6-22(30-26)23-15-29-25-5-2-19(16-34(23)25)20-7-13-36-17-20/h2-8,13-17H,9-12H2,1H3,(H,27,28,30,31). The van der Waals surface area contributed by atoms with E-state index in [1.54, 1.807) is 24.5 Å². The smallest absolute Gasteiger partial charge is 0.228 e. The fourth-order valence-corrected chi connectivity index (χ4v) is 5.04. The van der Waals surface area contributed by atoms with Gasteiger partial charge in [-0.2, -0.15) is 11.3 Å². The van der Waals surface area contributed by atoms with Crippen LogP contribution in [-0.2, 0) is 4.79 Å². The van der Waals surface area contributed by atoms with Gasteiger partial charge in [0.05, 0.1) is 29.5 Å². The van der Waals surface area contributed by atoms with Gasteiger partial charge in [-0.05, 0) is 58.3 Å². The Morgan fingerprint density at radius 1 is 0.944 bits per heavy atom. The van der Waals surface area contributed by atoms with Crippen molar-refractivity contribution in [2.45, 2.75) is 6.92 Å². The number of anilines is 3. The molecule has 0 atom stereocenters. The second-order valence-electron chi connectivity index (χ2n) is 8.59. The van der Waals surface area contributed by atoms with E-state index >= 15 is 0 Å². The molecular formula is C26H24N8OS. The van der Waals surface area contributed by atoms with Gasteiger partial charge in [0.1, 0.15) is 11.5 Å². The van der Waals surface area contributed by atoms with Gasteiger partial charge in [0.25, 0.3) is 0 Å². The molecule has 6 heterocycles. The van der Waals surface area contributed by atoms with E-state index in [-0.39, 0.29) is 5.91 Å². The largest absolute Gasteiger partial charge is 0.367 e. The number of nitrogens with zero attached hydrogens (tertiary/aromatic N) is 7. The molecule has 6 rings (SSSR count). The van der Waals surface area contributed by atoms with Crippen LogP contribution >= 0.6 is 11.3 Å². The molecule has 10 heteroatoms. The molecule has 0 aliphatic carbocycles. The molecule has 0 saturated carbocycles. The second kappa shape index (κ2) is 9.38. The molecule has 1 aliphatic heterocycles. The van der Waals surface area contributed by atoms with Crippen molar-refractivity contribution < 1.29 is 4.79 Å². The number of rotatable bonds is 5. The minimum Gasteiger partial charge on any atom is -0.367 e. The Morgan fingerprint density at radius 2 is 1.83 bits per heavy atom. The predicted octanol–water partition coefficient (Wildman–Crippen LogP) is 4.33. The summed E-state index contributed by atoms with van der Waals surface area (Å²) in [7, 11) is 0. The molecule has 1 saturated heterocycles. The van der Waals surface area contributed by atoms with Crippen LogP contribution in [0.25, 0.3) is 28.2 Å². The van der Waals surface area contributed by atoms with Gasteiger partial charge < -0.3 is 15.1 Å². The molecule has 36 heavy (non-hydrogen) atoms. The Bertz CT molecular complexity index is 1510. The molecule has 1 N–H and O–H groups in total. The van der Waals surface area contributed by atoms with E-state index in [1.807, 2.05) is 41.6 Å². The monoisotopic (exact) mass is 496 g/mol. The summed E-state index contributed by atoms with van der Waals surface area (Å²) in [5.41, 5.74) is 5.86. The summed E-state index contributed by atoms with van der Waals surface area (Å²) in [4.78, 5) is 33.9. The normalized spacial score (nSPS) is 13.8. The van der Waals surface area contributed by atoms with E-state index in [9.17, 15) is 4.79 Å². The van der Waals surface area contributed by atoms with Crippen LogP contribution in [0.3, 0.4) is 0 Å². The average molecular weight is 497 g/mol. The lowest BCUT2D eigenvalue weighted by Crippen LogP contribution is -2.48. The van der Waals surface area contributed by atoms with Gasteiger partial charge in [0.2, 0.25) is 11.9 Å². The van der Waals surface area contributed by atoms with Crippen LogP contribution in [0.1, 0.15) is 6.92 Å². The Hall–Kier alpha value is -4.31. The molecule has 1 amide bonds. The Labute approximate surface area is 212 Å². The van der Waals surface area contributed by atoms with Crippen molar-refractivity contribution in [3.05, 3.63) is 71.9 Å². The van der Waals surface area contributed by atoms with Crippen molar-refractivity contribution >= 4 is 40.3 Å². The van der Waals surface area contributed by atoms with Gasteiger partial charge in [0.15, 0.2) is 0 Å². The van der Waals surface area contributed by atoms with Crippen LogP contribution < -0.4 is 10.2 Å². The highest BCUT2D eigenvalue weighted by atomic mass is 32.1. The Morgan fingerprint density at radius 3 is 2.58 bits per heavy atom. The number of piperazine rings is 1. The van der Waals surface area contributed by atoms with E-state index in [2.05, 4.69) is 58.7 Å². The van der Waals surface area contributed by atoms with E-state index in [0.717, 1.165) is 54.5 Å². The van der Waals surface area contributed by atoms with Crippen molar-refractivity contribution in [2.75, 3.05) is 36.4 Å². The maximum absolute atomic E-state index is 11.6. The van der Waals surface area contributed by atoms with Crippen molar-refractivity contribution in [1.29, 1.82) is 0 Å². The second-order valence-corrected chi connectivity index (χ2v) is 9.37. The van der Waals surface area contributed by atoms with Gasteiger partial charge in [-0.3, -0.25) is 9.20 Å². The zero-order chi connectivity index (χ0) is 24.5. The number of carbonyl (C=O) groups excluding carboxylic acids is 1. The average Bonchev–Trinajstić information content (AvgIpc) is 3.60. The third-order valence-electron chi connectivity index (χ3n) is 6.36. The molecular weight excluding hydrogens is 472 g/mol. The summed E-state index contributed by atoms with van der Waals surface area (Å²) in [5, 5.41) is 7.42. The van der Waals surface area contributed by atoms with Crippen LogP contribution in [0.4, 0.5) is 17.5 Å². The fraction of sp³-hybridized carbons (Fsp3) is 0.192. The molecule has 0 aromatic carbocycles.